The number of para-hydroxylation sites is 1. The Morgan fingerprint density at radius 1 is 0.982 bits per heavy atom. The van der Waals surface area contributed by atoms with Crippen LogP contribution in [-0.2, 0) is 44.2 Å². The number of carbonyl (C=O) groups is 3. The number of nitrogens with zero attached hydrogens (tertiary/aromatic N) is 3. The molecule has 0 saturated carbocycles. The highest BCUT2D eigenvalue weighted by atomic mass is 28.3. The Morgan fingerprint density at radius 2 is 1.73 bits per heavy atom. The lowest BCUT2D eigenvalue weighted by atomic mass is 9.82. The maximum absolute atomic E-state index is 15.3. The summed E-state index contributed by atoms with van der Waals surface area (Å²) in [6.07, 6.45) is 0.129. The molecule has 0 unspecified atom stereocenters. The van der Waals surface area contributed by atoms with Crippen molar-refractivity contribution in [2.24, 2.45) is 5.92 Å². The second kappa shape index (κ2) is 14.7. The molecule has 8 rings (SSSR count). The van der Waals surface area contributed by atoms with E-state index in [4.69, 9.17) is 9.47 Å². The fraction of sp³-hybridized carbons (Fsp3) is 0.386. The molecule has 0 aromatic heterocycles. The molecule has 5 atom stereocenters. The zero-order chi connectivity index (χ0) is 38.5. The minimum absolute atomic E-state index is 0.0208. The minimum atomic E-state index is -2.50. The predicted molar refractivity (Wildman–Crippen MR) is 215 cm³/mol. The first kappa shape index (κ1) is 37.1. The summed E-state index contributed by atoms with van der Waals surface area (Å²) in [5, 5.41) is 14.8. The molecule has 55 heavy (non-hydrogen) atoms. The maximum atomic E-state index is 15.3. The van der Waals surface area contributed by atoms with Crippen LogP contribution < -0.4 is 25.0 Å². The summed E-state index contributed by atoms with van der Waals surface area (Å²) in [5.74, 6) is 0.307. The number of hydrogen-bond donors (Lipinski definition) is 2. The van der Waals surface area contributed by atoms with E-state index in [1.807, 2.05) is 82.6 Å². The second-order valence-corrected chi connectivity index (χ2v) is 20.7. The van der Waals surface area contributed by atoms with E-state index in [9.17, 15) is 14.7 Å². The molecule has 1 spiro atoms. The molecule has 2 N–H and O–H groups in total. The SMILES string of the molecule is COc1ccc([Si](C)(C)[C@H]2[C@H](CC(=O)N3Cc4ccccc4C[C@H]3CO)O[C@@]3(C(=O)N(Cc4cccc(N5CCNCC5=O)c4)c4ccccc43)[C@@H]2C)cc1. The lowest BCUT2D eigenvalue weighted by Crippen LogP contribution is -2.52. The molecule has 4 aliphatic rings. The number of amides is 3. The van der Waals surface area contributed by atoms with Gasteiger partial charge >= 0.3 is 0 Å². The lowest BCUT2D eigenvalue weighted by Gasteiger charge is -2.39. The van der Waals surface area contributed by atoms with Crippen molar-refractivity contribution in [3.8, 4) is 5.75 Å². The Labute approximate surface area is 324 Å². The molecule has 3 amide bonds. The molecule has 0 radical (unpaired) electrons. The molecule has 11 heteroatoms. The van der Waals surface area contributed by atoms with E-state index in [0.717, 1.165) is 45.9 Å². The third-order valence-corrected chi connectivity index (χ3v) is 17.0. The van der Waals surface area contributed by atoms with Gasteiger partial charge in [-0.25, -0.2) is 0 Å². The number of ether oxygens (including phenoxy) is 2. The van der Waals surface area contributed by atoms with E-state index in [-0.39, 0.29) is 48.3 Å². The van der Waals surface area contributed by atoms with Gasteiger partial charge in [-0.2, -0.15) is 0 Å². The summed E-state index contributed by atoms with van der Waals surface area (Å²) in [4.78, 5) is 48.1. The van der Waals surface area contributed by atoms with Gasteiger partial charge in [0.2, 0.25) is 11.8 Å². The molecule has 286 valence electrons. The zero-order valence-corrected chi connectivity index (χ0v) is 33.0. The van der Waals surface area contributed by atoms with Crippen molar-refractivity contribution < 1.29 is 29.0 Å². The van der Waals surface area contributed by atoms with Crippen LogP contribution in [0.5, 0.6) is 5.75 Å². The Hall–Kier alpha value is -4.81. The molecular weight excluding hydrogens is 709 g/mol. The van der Waals surface area contributed by atoms with E-state index >= 15 is 4.79 Å². The first-order valence-corrected chi connectivity index (χ1v) is 22.5. The summed E-state index contributed by atoms with van der Waals surface area (Å²) >= 11 is 0. The standard InChI is InChI=1S/C44H50N4O6Si/c1-29-42(55(3,4)36-18-16-35(53-2)17-19-36)39(24-40(50)47-27-32-12-6-5-11-31(32)23-34(47)28-49)54-44(29)37-14-7-8-15-38(37)48(43(44)52)26-30-10-9-13-33(22-30)46-21-20-45-25-41(46)51/h5-19,22,29,34,39,42,45,49H,20-21,23-28H2,1-4H3/t29-,34+,39+,42-,44+/m1/s1. The third-order valence-electron chi connectivity index (χ3n) is 12.7. The zero-order valence-electron chi connectivity index (χ0n) is 32.0. The van der Waals surface area contributed by atoms with Gasteiger partial charge in [-0.1, -0.05) is 91.9 Å². The van der Waals surface area contributed by atoms with E-state index in [0.29, 0.717) is 32.6 Å². The van der Waals surface area contributed by atoms with Gasteiger partial charge in [0.15, 0.2) is 5.60 Å². The highest BCUT2D eigenvalue weighted by Gasteiger charge is 2.66. The maximum Gasteiger partial charge on any atom is 0.264 e. The molecular formula is C44H50N4O6Si. The number of carbonyl (C=O) groups excluding carboxylic acids is 3. The number of anilines is 2. The monoisotopic (exact) mass is 758 g/mol. The van der Waals surface area contributed by atoms with Crippen molar-refractivity contribution in [2.45, 2.75) is 69.2 Å². The van der Waals surface area contributed by atoms with Crippen LogP contribution in [0.4, 0.5) is 11.4 Å². The number of hydrogen-bond acceptors (Lipinski definition) is 7. The molecule has 0 aliphatic carbocycles. The summed E-state index contributed by atoms with van der Waals surface area (Å²) in [7, 11) is -0.838. The molecule has 0 bridgehead atoms. The topological polar surface area (TPSA) is 112 Å². The summed E-state index contributed by atoms with van der Waals surface area (Å²) in [6, 6.07) is 31.8. The van der Waals surface area contributed by atoms with Gasteiger partial charge < -0.3 is 34.6 Å². The predicted octanol–water partition coefficient (Wildman–Crippen LogP) is 4.73. The average Bonchev–Trinajstić information content (AvgIpc) is 3.63. The quantitative estimate of drug-likeness (QED) is 0.238. The van der Waals surface area contributed by atoms with Crippen LogP contribution in [0.25, 0.3) is 0 Å². The van der Waals surface area contributed by atoms with Crippen LogP contribution >= 0.6 is 0 Å². The van der Waals surface area contributed by atoms with Gasteiger partial charge in [-0.15, -0.1) is 0 Å². The lowest BCUT2D eigenvalue weighted by molar-refractivity contribution is -0.151. The Morgan fingerprint density at radius 3 is 2.47 bits per heavy atom. The van der Waals surface area contributed by atoms with Gasteiger partial charge in [0, 0.05) is 36.8 Å². The largest absolute Gasteiger partial charge is 0.497 e. The van der Waals surface area contributed by atoms with E-state index < -0.39 is 19.8 Å². The van der Waals surface area contributed by atoms with Gasteiger partial charge in [0.05, 0.1) is 59.1 Å². The van der Waals surface area contributed by atoms with Crippen LogP contribution in [-0.4, -0.2) is 81.3 Å². The van der Waals surface area contributed by atoms with Crippen molar-refractivity contribution in [3.05, 3.63) is 119 Å². The van der Waals surface area contributed by atoms with Gasteiger partial charge in [-0.05, 0) is 59.0 Å². The number of aliphatic hydroxyl groups is 1. The van der Waals surface area contributed by atoms with Crippen LogP contribution in [0.3, 0.4) is 0 Å². The first-order chi connectivity index (χ1) is 26.6. The van der Waals surface area contributed by atoms with Crippen molar-refractivity contribution >= 4 is 42.4 Å². The number of nitrogens with one attached hydrogen (secondary N) is 1. The van der Waals surface area contributed by atoms with E-state index in [1.165, 1.54) is 5.19 Å². The number of rotatable bonds is 9. The van der Waals surface area contributed by atoms with E-state index in [2.05, 4.69) is 49.6 Å². The number of benzene rings is 4. The summed E-state index contributed by atoms with van der Waals surface area (Å²) < 4.78 is 12.8. The average molecular weight is 759 g/mol. The molecule has 4 aliphatic heterocycles. The number of aliphatic hydroxyl groups excluding tert-OH is 1. The van der Waals surface area contributed by atoms with Crippen molar-refractivity contribution in [1.29, 1.82) is 0 Å². The first-order valence-electron chi connectivity index (χ1n) is 19.4. The van der Waals surface area contributed by atoms with Crippen molar-refractivity contribution in [1.82, 2.24) is 10.2 Å². The molecule has 4 aromatic rings. The molecule has 4 aromatic carbocycles. The summed E-state index contributed by atoms with van der Waals surface area (Å²) in [5.41, 5.74) is 4.16. The van der Waals surface area contributed by atoms with Crippen molar-refractivity contribution in [3.63, 3.8) is 0 Å². The van der Waals surface area contributed by atoms with Crippen LogP contribution in [0.15, 0.2) is 97.1 Å². The van der Waals surface area contributed by atoms with Crippen LogP contribution in [0.1, 0.15) is 35.6 Å². The van der Waals surface area contributed by atoms with Crippen LogP contribution in [0, 0.1) is 5.92 Å². The van der Waals surface area contributed by atoms with Crippen LogP contribution in [0.2, 0.25) is 18.6 Å². The fourth-order valence-electron chi connectivity index (χ4n) is 9.84. The molecule has 2 saturated heterocycles. The van der Waals surface area contributed by atoms with E-state index in [1.54, 1.807) is 12.0 Å². The fourth-order valence-corrected chi connectivity index (χ4v) is 13.9. The molecule has 10 nitrogen and oxygen atoms in total. The highest BCUT2D eigenvalue weighted by Crippen LogP contribution is 2.60. The van der Waals surface area contributed by atoms with Crippen molar-refractivity contribution in [2.75, 3.05) is 43.2 Å². The number of methoxy groups -OCH3 is 1. The Balaban J connectivity index is 1.16. The highest BCUT2D eigenvalue weighted by molar-refractivity contribution is 6.91. The van der Waals surface area contributed by atoms with Gasteiger partial charge in [-0.3, -0.25) is 14.4 Å². The van der Waals surface area contributed by atoms with Gasteiger partial charge in [0.25, 0.3) is 5.91 Å². The Bertz CT molecular complexity index is 2110. The Kier molecular flexibility index (Phi) is 9.91. The molecule has 4 heterocycles. The summed E-state index contributed by atoms with van der Waals surface area (Å²) in [6.45, 7) is 8.96. The minimum Gasteiger partial charge on any atom is -0.497 e. The smallest absolute Gasteiger partial charge is 0.264 e. The van der Waals surface area contributed by atoms with Gasteiger partial charge in [0.1, 0.15) is 5.75 Å². The number of fused-ring (bicyclic) bond motifs is 3. The third kappa shape index (κ3) is 6.36. The molecule has 2 fully saturated rings. The normalized spacial score (nSPS) is 25.0. The second-order valence-electron chi connectivity index (χ2n) is 16.0. The number of piperazine rings is 1.